The van der Waals surface area contributed by atoms with Crippen molar-refractivity contribution in [3.63, 3.8) is 0 Å². The highest BCUT2D eigenvalue weighted by Gasteiger charge is 2.38. The van der Waals surface area contributed by atoms with Gasteiger partial charge in [0.2, 0.25) is 10.0 Å². The average molecular weight is 524 g/mol. The first kappa shape index (κ1) is 26.9. The second-order valence-corrected chi connectivity index (χ2v) is 12.1. The van der Waals surface area contributed by atoms with Gasteiger partial charge in [0.25, 0.3) is 0 Å². The monoisotopic (exact) mass is 523 g/mol. The number of hydrogen-bond acceptors (Lipinski definition) is 4. The lowest BCUT2D eigenvalue weighted by Crippen LogP contribution is -2.38. The fourth-order valence-electron chi connectivity index (χ4n) is 5.14. The molecular formula is C27H36F3N3O2S. The Balaban J connectivity index is 0.000000445. The summed E-state index contributed by atoms with van der Waals surface area (Å²) in [5.74, 6) is 0.579. The molecule has 5 rings (SSSR count). The van der Waals surface area contributed by atoms with E-state index in [1.54, 1.807) is 0 Å². The molecule has 0 amide bonds. The van der Waals surface area contributed by atoms with Crippen LogP contribution in [0.1, 0.15) is 55.6 Å². The maximum absolute atomic E-state index is 13.2. The Labute approximate surface area is 212 Å². The van der Waals surface area contributed by atoms with Crippen LogP contribution in [0.15, 0.2) is 54.6 Å². The average Bonchev–Trinajstić information content (AvgIpc) is 3.70. The highest BCUT2D eigenvalue weighted by Crippen LogP contribution is 2.47. The van der Waals surface area contributed by atoms with E-state index >= 15 is 0 Å². The van der Waals surface area contributed by atoms with Crippen LogP contribution >= 0.6 is 0 Å². The maximum Gasteiger partial charge on any atom is 0.416 e. The minimum atomic E-state index is -4.36. The van der Waals surface area contributed by atoms with E-state index in [4.69, 9.17) is 0 Å². The van der Waals surface area contributed by atoms with Gasteiger partial charge in [-0.25, -0.2) is 13.1 Å². The predicted molar refractivity (Wildman–Crippen MR) is 137 cm³/mol. The molecule has 2 aromatic rings. The molecular weight excluding hydrogens is 487 g/mol. The van der Waals surface area contributed by atoms with Gasteiger partial charge in [-0.15, -0.1) is 0 Å². The van der Waals surface area contributed by atoms with Gasteiger partial charge in [-0.1, -0.05) is 36.4 Å². The lowest BCUT2D eigenvalue weighted by molar-refractivity contribution is -0.137. The molecule has 1 heterocycles. The lowest BCUT2D eigenvalue weighted by atomic mass is 9.69. The zero-order chi connectivity index (χ0) is 25.6. The van der Waals surface area contributed by atoms with E-state index in [0.717, 1.165) is 36.7 Å². The maximum atomic E-state index is 13.2. The fraction of sp³-hybridized carbons (Fsp3) is 0.556. The molecule has 0 saturated heterocycles. The van der Waals surface area contributed by atoms with Gasteiger partial charge in [0.15, 0.2) is 0 Å². The molecule has 3 unspecified atom stereocenters. The van der Waals surface area contributed by atoms with Crippen molar-refractivity contribution in [3.05, 3.63) is 65.7 Å². The molecule has 0 aromatic heterocycles. The second kappa shape index (κ2) is 12.0. The predicted octanol–water partition coefficient (Wildman–Crippen LogP) is 5.38. The van der Waals surface area contributed by atoms with Gasteiger partial charge >= 0.3 is 6.18 Å². The molecule has 9 heteroatoms. The molecule has 2 aromatic carbocycles. The van der Waals surface area contributed by atoms with Gasteiger partial charge in [-0.3, -0.25) is 0 Å². The van der Waals surface area contributed by atoms with Crippen LogP contribution in [0.2, 0.25) is 0 Å². The number of rotatable bonds is 8. The molecule has 2 saturated carbocycles. The van der Waals surface area contributed by atoms with Crippen molar-refractivity contribution in [1.82, 2.24) is 10.0 Å². The Morgan fingerprint density at radius 2 is 1.67 bits per heavy atom. The quantitative estimate of drug-likeness (QED) is 0.407. The highest BCUT2D eigenvalue weighted by molar-refractivity contribution is 7.89. The Morgan fingerprint density at radius 1 is 0.972 bits per heavy atom. The van der Waals surface area contributed by atoms with Crippen LogP contribution in [0.4, 0.5) is 18.9 Å². The van der Waals surface area contributed by atoms with Gasteiger partial charge < -0.3 is 10.6 Å². The molecule has 3 aliphatic rings. The molecule has 36 heavy (non-hydrogen) atoms. The van der Waals surface area contributed by atoms with Gasteiger partial charge in [0.05, 0.1) is 11.3 Å². The van der Waals surface area contributed by atoms with Gasteiger partial charge in [-0.2, -0.15) is 13.2 Å². The summed E-state index contributed by atoms with van der Waals surface area (Å²) in [5.41, 5.74) is 0.875. The van der Waals surface area contributed by atoms with Crippen LogP contribution in [-0.4, -0.2) is 39.8 Å². The zero-order valence-corrected chi connectivity index (χ0v) is 21.3. The third-order valence-electron chi connectivity index (χ3n) is 7.29. The smallest absolute Gasteiger partial charge is 0.385 e. The number of hydrogen-bond donors (Lipinski definition) is 3. The molecule has 2 fully saturated rings. The number of benzene rings is 2. The van der Waals surface area contributed by atoms with Crippen molar-refractivity contribution >= 4 is 15.7 Å². The molecule has 5 nitrogen and oxygen atoms in total. The first-order valence-corrected chi connectivity index (χ1v) is 14.5. The topological polar surface area (TPSA) is 70.2 Å². The third kappa shape index (κ3) is 7.95. The van der Waals surface area contributed by atoms with E-state index in [0.29, 0.717) is 37.9 Å². The number of nitrogens with one attached hydrogen (secondary N) is 3. The molecule has 198 valence electrons. The van der Waals surface area contributed by atoms with Crippen molar-refractivity contribution in [3.8, 4) is 0 Å². The molecule has 0 spiro atoms. The second-order valence-electron chi connectivity index (χ2n) is 10.1. The van der Waals surface area contributed by atoms with E-state index < -0.39 is 21.8 Å². The third-order valence-corrected chi connectivity index (χ3v) is 8.73. The number of fused-ring (bicyclic) bond motifs is 3. The largest absolute Gasteiger partial charge is 0.416 e. The standard InChI is InChI=1S/C21H30F3N3O2S.C6H6/c22-21(23,24)16-4-7-20-19(11-16)18-10-14(2-3-15(18)13-26-20)12-27-30(28,29)9-1-8-25-17-5-6-17;1-2-4-6-5-3-1/h4,7,11,14-15,17-18,25-27H,1-3,5-6,8-10,12-13H2;1-6H. The van der Waals surface area contributed by atoms with Crippen LogP contribution in [0.3, 0.4) is 0 Å². The Morgan fingerprint density at radius 3 is 2.31 bits per heavy atom. The minimum absolute atomic E-state index is 0.0366. The van der Waals surface area contributed by atoms with Crippen molar-refractivity contribution in [2.75, 3.05) is 30.7 Å². The minimum Gasteiger partial charge on any atom is -0.385 e. The summed E-state index contributed by atoms with van der Waals surface area (Å²) in [6.07, 6.45) is 1.08. The molecule has 0 bridgehead atoms. The summed E-state index contributed by atoms with van der Waals surface area (Å²) < 4.78 is 66.9. The van der Waals surface area contributed by atoms with Crippen LogP contribution in [0.5, 0.6) is 0 Å². The SMILES string of the molecule is O=S(=O)(CCCNC1CC1)NCC1CCC2CNc3ccc(C(F)(F)F)cc3C2C1.c1ccccc1. The van der Waals surface area contributed by atoms with Gasteiger partial charge in [0, 0.05) is 24.8 Å². The van der Waals surface area contributed by atoms with E-state index in [2.05, 4.69) is 15.4 Å². The molecule has 0 radical (unpaired) electrons. The Hall–Kier alpha value is -2.10. The van der Waals surface area contributed by atoms with Crippen molar-refractivity contribution < 1.29 is 21.6 Å². The Kier molecular flexibility index (Phi) is 8.96. The number of halogens is 3. The molecule has 3 N–H and O–H groups in total. The fourth-order valence-corrected chi connectivity index (χ4v) is 6.29. The zero-order valence-electron chi connectivity index (χ0n) is 20.4. The van der Waals surface area contributed by atoms with Gasteiger partial charge in [0.1, 0.15) is 0 Å². The summed E-state index contributed by atoms with van der Waals surface area (Å²) >= 11 is 0. The molecule has 1 aliphatic heterocycles. The summed E-state index contributed by atoms with van der Waals surface area (Å²) in [6.45, 7) is 1.84. The van der Waals surface area contributed by atoms with Gasteiger partial charge in [-0.05, 0) is 86.6 Å². The van der Waals surface area contributed by atoms with E-state index in [1.807, 2.05) is 36.4 Å². The van der Waals surface area contributed by atoms with E-state index in [9.17, 15) is 21.6 Å². The molecule has 3 atom stereocenters. The van der Waals surface area contributed by atoms with Crippen LogP contribution < -0.4 is 15.4 Å². The Bertz CT molecular complexity index is 1050. The first-order chi connectivity index (χ1) is 17.2. The summed E-state index contributed by atoms with van der Waals surface area (Å²) in [6, 6.07) is 16.5. The van der Waals surface area contributed by atoms with Crippen molar-refractivity contribution in [2.45, 2.75) is 56.7 Å². The van der Waals surface area contributed by atoms with Crippen LogP contribution in [-0.2, 0) is 16.2 Å². The number of alkyl halides is 3. The normalized spacial score (nSPS) is 23.5. The van der Waals surface area contributed by atoms with Crippen molar-refractivity contribution in [2.24, 2.45) is 11.8 Å². The summed E-state index contributed by atoms with van der Waals surface area (Å²) in [4.78, 5) is 0. The van der Waals surface area contributed by atoms with E-state index in [-0.39, 0.29) is 17.6 Å². The molecule has 2 aliphatic carbocycles. The summed E-state index contributed by atoms with van der Waals surface area (Å²) in [5, 5.41) is 6.58. The lowest BCUT2D eigenvalue weighted by Gasteiger charge is -2.41. The van der Waals surface area contributed by atoms with Crippen LogP contribution in [0, 0.1) is 11.8 Å². The number of sulfonamides is 1. The van der Waals surface area contributed by atoms with Crippen LogP contribution in [0.25, 0.3) is 0 Å². The number of anilines is 1. The van der Waals surface area contributed by atoms with E-state index in [1.165, 1.54) is 25.0 Å². The van der Waals surface area contributed by atoms with Crippen molar-refractivity contribution in [1.29, 1.82) is 0 Å². The first-order valence-electron chi connectivity index (χ1n) is 12.9. The highest BCUT2D eigenvalue weighted by atomic mass is 32.2. The summed E-state index contributed by atoms with van der Waals surface area (Å²) in [7, 11) is -3.33.